The van der Waals surface area contributed by atoms with E-state index in [2.05, 4.69) is 0 Å². The van der Waals surface area contributed by atoms with Gasteiger partial charge in [-0.25, -0.2) is 12.1 Å². The summed E-state index contributed by atoms with van der Waals surface area (Å²) >= 11 is 0. The quantitative estimate of drug-likeness (QED) is 0.451. The van der Waals surface area contributed by atoms with Crippen molar-refractivity contribution in [2.75, 3.05) is 0 Å². The van der Waals surface area contributed by atoms with Crippen LogP contribution in [-0.4, -0.2) is 5.97 Å². The molecular formula is C11H9FeKO2-6. The van der Waals surface area contributed by atoms with Crippen LogP contribution >= 0.6 is 0 Å². The van der Waals surface area contributed by atoms with Crippen LogP contribution in [0, 0.1) is 0 Å². The van der Waals surface area contributed by atoms with Crippen LogP contribution in [0.4, 0.5) is 0 Å². The first-order valence-corrected chi connectivity index (χ1v) is 3.90. The largest absolute Gasteiger partial charge is 1.00 e. The number of hydrogen-bond donors (Lipinski definition) is 0. The van der Waals surface area contributed by atoms with Gasteiger partial charge in [-0.2, -0.15) is 12.1 Å². The van der Waals surface area contributed by atoms with E-state index in [1.165, 1.54) is 12.1 Å². The number of rotatable bonds is 1. The van der Waals surface area contributed by atoms with Crippen LogP contribution in [-0.2, 0) is 17.1 Å². The van der Waals surface area contributed by atoms with Crippen LogP contribution < -0.4 is 56.5 Å². The molecule has 80 valence electrons. The minimum atomic E-state index is -1.12. The molecule has 0 N–H and O–H groups in total. The summed E-state index contributed by atoms with van der Waals surface area (Å²) in [5.41, 5.74) is 0.241. The Labute approximate surface area is 142 Å². The molecule has 4 heteroatoms. The Balaban J connectivity index is 0. The van der Waals surface area contributed by atoms with Crippen molar-refractivity contribution in [1.82, 2.24) is 0 Å². The molecule has 0 fully saturated rings. The predicted octanol–water partition coefficient (Wildman–Crippen LogP) is -1.82. The van der Waals surface area contributed by atoms with Gasteiger partial charge in [0.15, 0.2) is 0 Å². The Morgan fingerprint density at radius 3 is 1.53 bits per heavy atom. The summed E-state index contributed by atoms with van der Waals surface area (Å²) in [4.78, 5) is 9.95. The Morgan fingerprint density at radius 1 is 1.00 bits per heavy atom. The maximum absolute atomic E-state index is 9.95. The smallest absolute Gasteiger partial charge is 0.748 e. The number of aromatic carboxylic acids is 1. The van der Waals surface area contributed by atoms with Gasteiger partial charge >= 0.3 is 51.4 Å². The monoisotopic (exact) mass is 268 g/mol. The van der Waals surface area contributed by atoms with E-state index < -0.39 is 5.97 Å². The van der Waals surface area contributed by atoms with E-state index in [0.717, 1.165) is 0 Å². The molecule has 2 rings (SSSR count). The molecular weight excluding hydrogens is 259 g/mol. The van der Waals surface area contributed by atoms with Gasteiger partial charge in [0.2, 0.25) is 0 Å². The van der Waals surface area contributed by atoms with E-state index in [0.29, 0.717) is 0 Å². The zero-order valence-electron chi connectivity index (χ0n) is 8.37. The van der Waals surface area contributed by atoms with E-state index in [-0.39, 0.29) is 74.0 Å². The molecule has 0 aliphatic heterocycles. The van der Waals surface area contributed by atoms with E-state index in [9.17, 15) is 9.90 Å². The molecule has 0 unspecified atom stereocenters. The van der Waals surface area contributed by atoms with Gasteiger partial charge in [0, 0.05) is 23.0 Å². The van der Waals surface area contributed by atoms with Gasteiger partial charge < -0.3 is 40.2 Å². The minimum absolute atomic E-state index is 0. The molecule has 2 aromatic rings. The predicted molar refractivity (Wildman–Crippen MR) is 48.4 cm³/mol. The maximum atomic E-state index is 9.95. The summed E-state index contributed by atoms with van der Waals surface area (Å²) < 4.78 is 0. The normalized spacial score (nSPS) is 7.47. The second-order valence-corrected chi connectivity index (χ2v) is 2.42. The van der Waals surface area contributed by atoms with Gasteiger partial charge in [-0.05, 0) is 0 Å². The molecule has 2 aromatic carbocycles. The van der Waals surface area contributed by atoms with Gasteiger partial charge in [-0.3, -0.25) is 0 Å². The second kappa shape index (κ2) is 10.8. The standard InChI is InChI=1S/C6H5O2.C5H5.Fe.K/c7-6(8)5-3-1-2-4-5;1-2-4-5-3-1;;/h1-4H,(H,7,8);1-5H;;/q-1;-5;;+1/p-1. The van der Waals surface area contributed by atoms with Crippen LogP contribution in [0.1, 0.15) is 10.4 Å². The molecule has 0 spiro atoms. The van der Waals surface area contributed by atoms with E-state index >= 15 is 0 Å². The SMILES string of the molecule is O=C([O-])[c-]1cccc1.[Fe].[K+].[cH-]1[cH-][cH-][cH-][cH-]1. The van der Waals surface area contributed by atoms with Gasteiger partial charge in [0.1, 0.15) is 0 Å². The third-order valence-corrected chi connectivity index (χ3v) is 1.45. The molecule has 0 saturated heterocycles. The van der Waals surface area contributed by atoms with Crippen molar-refractivity contribution >= 4 is 5.97 Å². The third kappa shape index (κ3) is 8.17. The summed E-state index contributed by atoms with van der Waals surface area (Å²) in [5.74, 6) is -1.12. The Bertz CT molecular complexity index is 310. The molecule has 0 aliphatic rings. The molecule has 0 amide bonds. The average Bonchev–Trinajstić information content (AvgIpc) is 2.82. The van der Waals surface area contributed by atoms with Gasteiger partial charge in [0.05, 0.1) is 0 Å². The minimum Gasteiger partial charge on any atom is -0.748 e. The first-order valence-electron chi connectivity index (χ1n) is 3.90. The number of carboxylic acids is 1. The van der Waals surface area contributed by atoms with Gasteiger partial charge in [-0.15, -0.1) is 5.56 Å². The van der Waals surface area contributed by atoms with Crippen LogP contribution in [0.25, 0.3) is 0 Å². The molecule has 0 bridgehead atoms. The van der Waals surface area contributed by atoms with Crippen LogP contribution in [0.5, 0.6) is 0 Å². The number of carbonyl (C=O) groups excluding carboxylic acids is 1. The van der Waals surface area contributed by atoms with Gasteiger partial charge in [0.25, 0.3) is 0 Å². The second-order valence-electron chi connectivity index (χ2n) is 2.42. The first-order chi connectivity index (χ1) is 6.30. The number of carbonyl (C=O) groups is 1. The van der Waals surface area contributed by atoms with Crippen LogP contribution in [0.3, 0.4) is 0 Å². The zero-order valence-corrected chi connectivity index (χ0v) is 12.6. The fourth-order valence-electron chi connectivity index (χ4n) is 0.831. The molecule has 0 heterocycles. The summed E-state index contributed by atoms with van der Waals surface area (Å²) in [5, 5.41) is 9.95. The molecule has 0 radical (unpaired) electrons. The van der Waals surface area contributed by atoms with E-state index in [1.54, 1.807) is 12.1 Å². The van der Waals surface area contributed by atoms with Crippen molar-refractivity contribution in [3.05, 3.63) is 60.2 Å². The zero-order chi connectivity index (χ0) is 9.52. The molecule has 0 aliphatic carbocycles. The summed E-state index contributed by atoms with van der Waals surface area (Å²) in [6.07, 6.45) is 0. The van der Waals surface area contributed by atoms with Crippen molar-refractivity contribution in [2.45, 2.75) is 0 Å². The van der Waals surface area contributed by atoms with Crippen molar-refractivity contribution in [3.63, 3.8) is 0 Å². The number of carboxylic acid groups (broad SMARTS) is 1. The number of hydrogen-bond acceptors (Lipinski definition) is 2. The maximum Gasteiger partial charge on any atom is 1.00 e. The summed E-state index contributed by atoms with van der Waals surface area (Å²) in [6, 6.07) is 16.3. The van der Waals surface area contributed by atoms with Crippen LogP contribution in [0.15, 0.2) is 54.6 Å². The fourth-order valence-corrected chi connectivity index (χ4v) is 0.831. The molecule has 2 nitrogen and oxygen atoms in total. The summed E-state index contributed by atoms with van der Waals surface area (Å²) in [6.45, 7) is 0. The topological polar surface area (TPSA) is 40.1 Å². The third-order valence-electron chi connectivity index (χ3n) is 1.45. The first kappa shape index (κ1) is 17.7. The molecule has 0 atom stereocenters. The Hall–Kier alpha value is 0.326. The van der Waals surface area contributed by atoms with Crippen molar-refractivity contribution in [3.8, 4) is 0 Å². The van der Waals surface area contributed by atoms with Crippen molar-refractivity contribution in [1.29, 1.82) is 0 Å². The summed E-state index contributed by atoms with van der Waals surface area (Å²) in [7, 11) is 0. The van der Waals surface area contributed by atoms with Crippen LogP contribution in [0.2, 0.25) is 0 Å². The van der Waals surface area contributed by atoms with E-state index in [4.69, 9.17) is 0 Å². The van der Waals surface area contributed by atoms with Gasteiger partial charge in [-0.1, -0.05) is 0 Å². The van der Waals surface area contributed by atoms with Crippen molar-refractivity contribution < 1.29 is 78.4 Å². The average molecular weight is 268 g/mol. The van der Waals surface area contributed by atoms with E-state index in [1.807, 2.05) is 30.3 Å². The fraction of sp³-hybridized carbons (Fsp3) is 0. The molecule has 15 heavy (non-hydrogen) atoms. The van der Waals surface area contributed by atoms with Crippen molar-refractivity contribution in [2.24, 2.45) is 0 Å². The molecule has 0 aromatic heterocycles. The molecule has 0 saturated carbocycles. The Morgan fingerprint density at radius 2 is 1.33 bits per heavy atom. The Kier molecular flexibility index (Phi) is 12.8.